The van der Waals surface area contributed by atoms with Crippen molar-refractivity contribution in [3.05, 3.63) is 77.5 Å². The van der Waals surface area contributed by atoms with E-state index in [4.69, 9.17) is 16.3 Å². The second-order valence-corrected chi connectivity index (χ2v) is 5.46. The normalized spacial score (nSPS) is 10.6. The molecule has 0 atom stereocenters. The van der Waals surface area contributed by atoms with Crippen LogP contribution in [0.25, 0.3) is 10.9 Å². The standard InChI is InChI=1S/C19H16ClNO/c1-3-8-15-13(2)21-18-16(11-7-12-17(18)20)19(15)22-14-9-5-4-6-10-14/h3-7,9-12H,1,8H2,2H3. The van der Waals surface area contributed by atoms with Crippen molar-refractivity contribution in [3.8, 4) is 11.5 Å². The van der Waals surface area contributed by atoms with Gasteiger partial charge in [0.05, 0.1) is 10.5 Å². The van der Waals surface area contributed by atoms with Crippen molar-refractivity contribution in [1.29, 1.82) is 0 Å². The second kappa shape index (κ2) is 6.20. The fraction of sp³-hybridized carbons (Fsp3) is 0.105. The lowest BCUT2D eigenvalue weighted by atomic mass is 10.0. The molecule has 1 heterocycles. The lowest BCUT2D eigenvalue weighted by molar-refractivity contribution is 0.482. The summed E-state index contributed by atoms with van der Waals surface area (Å²) in [5.41, 5.74) is 2.71. The zero-order chi connectivity index (χ0) is 15.5. The van der Waals surface area contributed by atoms with Crippen LogP contribution in [0.1, 0.15) is 11.3 Å². The number of hydrogen-bond acceptors (Lipinski definition) is 2. The number of ether oxygens (including phenoxy) is 1. The number of aryl methyl sites for hydroxylation is 1. The first-order valence-corrected chi connectivity index (χ1v) is 7.50. The highest BCUT2D eigenvalue weighted by Crippen LogP contribution is 2.37. The lowest BCUT2D eigenvalue weighted by Crippen LogP contribution is -1.99. The van der Waals surface area contributed by atoms with Gasteiger partial charge < -0.3 is 4.74 Å². The van der Waals surface area contributed by atoms with Crippen molar-refractivity contribution < 1.29 is 4.74 Å². The van der Waals surface area contributed by atoms with Gasteiger partial charge in [0, 0.05) is 16.6 Å². The summed E-state index contributed by atoms with van der Waals surface area (Å²) in [6.45, 7) is 5.81. The number of hydrogen-bond donors (Lipinski definition) is 0. The fourth-order valence-electron chi connectivity index (χ4n) is 2.48. The van der Waals surface area contributed by atoms with E-state index in [1.165, 1.54) is 0 Å². The summed E-state index contributed by atoms with van der Waals surface area (Å²) in [7, 11) is 0. The maximum Gasteiger partial charge on any atom is 0.142 e. The summed E-state index contributed by atoms with van der Waals surface area (Å²) in [5.74, 6) is 1.59. The van der Waals surface area contributed by atoms with Gasteiger partial charge in [-0.05, 0) is 37.6 Å². The van der Waals surface area contributed by atoms with Gasteiger partial charge in [0.25, 0.3) is 0 Å². The number of halogens is 1. The van der Waals surface area contributed by atoms with Gasteiger partial charge in [-0.3, -0.25) is 4.98 Å². The summed E-state index contributed by atoms with van der Waals surface area (Å²) in [5, 5.41) is 1.54. The van der Waals surface area contributed by atoms with E-state index in [0.29, 0.717) is 11.4 Å². The van der Waals surface area contributed by atoms with Gasteiger partial charge in [-0.1, -0.05) is 41.9 Å². The molecule has 0 bridgehead atoms. The van der Waals surface area contributed by atoms with E-state index in [1.54, 1.807) is 0 Å². The molecule has 0 aliphatic rings. The van der Waals surface area contributed by atoms with Crippen LogP contribution in [-0.4, -0.2) is 4.98 Å². The first-order valence-electron chi connectivity index (χ1n) is 7.12. The predicted octanol–water partition coefficient (Wildman–Crippen LogP) is 5.72. The minimum absolute atomic E-state index is 0.628. The zero-order valence-electron chi connectivity index (χ0n) is 12.3. The number of allylic oxidation sites excluding steroid dienone is 1. The average molecular weight is 310 g/mol. The molecule has 0 unspecified atom stereocenters. The van der Waals surface area contributed by atoms with Crippen molar-refractivity contribution in [3.63, 3.8) is 0 Å². The fourth-order valence-corrected chi connectivity index (χ4v) is 2.70. The molecular formula is C19H16ClNO. The third-order valence-corrected chi connectivity index (χ3v) is 3.84. The Morgan fingerprint density at radius 2 is 1.91 bits per heavy atom. The van der Waals surface area contributed by atoms with Gasteiger partial charge in [0.2, 0.25) is 0 Å². The van der Waals surface area contributed by atoms with E-state index in [2.05, 4.69) is 11.6 Å². The summed E-state index contributed by atoms with van der Waals surface area (Å²) in [6, 6.07) is 15.5. The Morgan fingerprint density at radius 1 is 1.14 bits per heavy atom. The number of aromatic nitrogens is 1. The van der Waals surface area contributed by atoms with Gasteiger partial charge >= 0.3 is 0 Å². The summed E-state index contributed by atoms with van der Waals surface area (Å²) >= 11 is 6.30. The second-order valence-electron chi connectivity index (χ2n) is 5.05. The molecule has 0 radical (unpaired) electrons. The molecule has 0 aliphatic carbocycles. The summed E-state index contributed by atoms with van der Waals surface area (Å²) in [4.78, 5) is 4.64. The maximum atomic E-state index is 6.30. The van der Waals surface area contributed by atoms with Gasteiger partial charge in [0.15, 0.2) is 0 Å². The lowest BCUT2D eigenvalue weighted by Gasteiger charge is -2.16. The molecule has 22 heavy (non-hydrogen) atoms. The van der Waals surface area contributed by atoms with Crippen molar-refractivity contribution in [1.82, 2.24) is 4.98 Å². The number of benzene rings is 2. The van der Waals surface area contributed by atoms with Gasteiger partial charge in [-0.2, -0.15) is 0 Å². The van der Waals surface area contributed by atoms with E-state index in [-0.39, 0.29) is 0 Å². The van der Waals surface area contributed by atoms with Crippen LogP contribution in [0.3, 0.4) is 0 Å². The molecule has 0 aliphatic heterocycles. The third kappa shape index (κ3) is 2.70. The molecule has 0 N–H and O–H groups in total. The smallest absolute Gasteiger partial charge is 0.142 e. The monoisotopic (exact) mass is 309 g/mol. The Morgan fingerprint density at radius 3 is 2.64 bits per heavy atom. The Labute approximate surface area is 135 Å². The minimum atomic E-state index is 0.628. The molecule has 2 nitrogen and oxygen atoms in total. The molecule has 0 saturated heterocycles. The molecule has 0 spiro atoms. The van der Waals surface area contributed by atoms with E-state index in [9.17, 15) is 0 Å². The molecule has 0 fully saturated rings. The number of nitrogens with zero attached hydrogens (tertiary/aromatic N) is 1. The van der Waals surface area contributed by atoms with E-state index in [0.717, 1.165) is 33.7 Å². The highest BCUT2D eigenvalue weighted by Gasteiger charge is 2.15. The van der Waals surface area contributed by atoms with Crippen LogP contribution in [0.5, 0.6) is 11.5 Å². The van der Waals surface area contributed by atoms with Gasteiger partial charge in [-0.15, -0.1) is 6.58 Å². The van der Waals surface area contributed by atoms with Crippen molar-refractivity contribution >= 4 is 22.5 Å². The number of fused-ring (bicyclic) bond motifs is 1. The van der Waals surface area contributed by atoms with Crippen LogP contribution >= 0.6 is 11.6 Å². The van der Waals surface area contributed by atoms with Gasteiger partial charge in [-0.25, -0.2) is 0 Å². The molecule has 110 valence electrons. The molecule has 2 aromatic carbocycles. The van der Waals surface area contributed by atoms with Gasteiger partial charge in [0.1, 0.15) is 11.5 Å². The highest BCUT2D eigenvalue weighted by molar-refractivity contribution is 6.35. The van der Waals surface area contributed by atoms with Crippen molar-refractivity contribution in [2.75, 3.05) is 0 Å². The highest BCUT2D eigenvalue weighted by atomic mass is 35.5. The van der Waals surface area contributed by atoms with Crippen LogP contribution in [0.2, 0.25) is 5.02 Å². The molecule has 1 aromatic heterocycles. The number of rotatable bonds is 4. The number of para-hydroxylation sites is 2. The topological polar surface area (TPSA) is 22.1 Å². The van der Waals surface area contributed by atoms with E-state index >= 15 is 0 Å². The molecule has 3 heteroatoms. The van der Waals surface area contributed by atoms with Crippen LogP contribution in [0, 0.1) is 6.92 Å². The third-order valence-electron chi connectivity index (χ3n) is 3.53. The average Bonchev–Trinajstić information content (AvgIpc) is 2.53. The summed E-state index contributed by atoms with van der Waals surface area (Å²) in [6.07, 6.45) is 2.56. The maximum absolute atomic E-state index is 6.30. The first kappa shape index (κ1) is 14.6. The van der Waals surface area contributed by atoms with Crippen molar-refractivity contribution in [2.45, 2.75) is 13.3 Å². The number of pyridine rings is 1. The van der Waals surface area contributed by atoms with Crippen molar-refractivity contribution in [2.24, 2.45) is 0 Å². The Balaban J connectivity index is 2.25. The van der Waals surface area contributed by atoms with Crippen LogP contribution in [0.15, 0.2) is 61.2 Å². The summed E-state index contributed by atoms with van der Waals surface area (Å²) < 4.78 is 6.16. The Kier molecular flexibility index (Phi) is 4.12. The van der Waals surface area contributed by atoms with Crippen LogP contribution in [-0.2, 0) is 6.42 Å². The quantitative estimate of drug-likeness (QED) is 0.575. The van der Waals surface area contributed by atoms with E-state index in [1.807, 2.05) is 61.5 Å². The Bertz CT molecular complexity index is 828. The molecule has 3 aromatic rings. The Hall–Kier alpha value is -2.32. The molecular weight excluding hydrogens is 294 g/mol. The van der Waals surface area contributed by atoms with Crippen LogP contribution in [0.4, 0.5) is 0 Å². The molecule has 3 rings (SSSR count). The minimum Gasteiger partial charge on any atom is -0.456 e. The zero-order valence-corrected chi connectivity index (χ0v) is 13.1. The van der Waals surface area contributed by atoms with E-state index < -0.39 is 0 Å². The largest absolute Gasteiger partial charge is 0.456 e. The SMILES string of the molecule is C=CCc1c(C)nc2c(Cl)cccc2c1Oc1ccccc1. The predicted molar refractivity (Wildman–Crippen MR) is 91.9 cm³/mol. The van der Waals surface area contributed by atoms with Crippen LogP contribution < -0.4 is 4.74 Å². The first-order chi connectivity index (χ1) is 10.7. The molecule has 0 saturated carbocycles. The molecule has 0 amide bonds.